The average Bonchev–Trinajstić information content (AvgIpc) is 3.55. The molecule has 8 nitrogen and oxygen atoms in total. The second-order valence-electron chi connectivity index (χ2n) is 9.52. The Morgan fingerprint density at radius 2 is 1.91 bits per heavy atom. The van der Waals surface area contributed by atoms with E-state index >= 15 is 0 Å². The first-order valence-corrected chi connectivity index (χ1v) is 13.9. The summed E-state index contributed by atoms with van der Waals surface area (Å²) in [5.74, 6) is -0.905. The fourth-order valence-electron chi connectivity index (χ4n) is 4.85. The van der Waals surface area contributed by atoms with Gasteiger partial charge in [0.1, 0.15) is 5.82 Å². The predicted molar refractivity (Wildman–Crippen MR) is 132 cm³/mol. The number of fused-ring (bicyclic) bond motifs is 1. The first kappa shape index (κ1) is 24.0. The normalized spacial score (nSPS) is 18.8. The van der Waals surface area contributed by atoms with E-state index in [9.17, 15) is 17.6 Å². The molecule has 0 radical (unpaired) electrons. The third-order valence-electron chi connectivity index (χ3n) is 6.83. The number of benzene rings is 1. The Bertz CT molecular complexity index is 1450. The van der Waals surface area contributed by atoms with Crippen molar-refractivity contribution in [3.05, 3.63) is 57.2 Å². The van der Waals surface area contributed by atoms with Crippen LogP contribution in [-0.4, -0.2) is 46.6 Å². The van der Waals surface area contributed by atoms with Crippen LogP contribution in [0.1, 0.15) is 77.1 Å². The van der Waals surface area contributed by atoms with Crippen LogP contribution < -0.4 is 4.72 Å². The largest absolute Gasteiger partial charge is 0.330 e. The number of halogens is 2. The summed E-state index contributed by atoms with van der Waals surface area (Å²) >= 11 is 6.05. The number of aryl methyl sites for hydroxylation is 1. The molecule has 1 aromatic carbocycles. The molecule has 1 aliphatic carbocycles. The first-order chi connectivity index (χ1) is 16.5. The topological polar surface area (TPSA) is 96.7 Å². The molecule has 0 unspecified atom stereocenters. The maximum absolute atomic E-state index is 14.7. The Kier molecular flexibility index (Phi) is 5.99. The molecule has 1 aliphatic heterocycles. The molecule has 35 heavy (non-hydrogen) atoms. The lowest BCUT2D eigenvalue weighted by Gasteiger charge is -2.35. The van der Waals surface area contributed by atoms with Gasteiger partial charge in [0.15, 0.2) is 5.65 Å². The summed E-state index contributed by atoms with van der Waals surface area (Å²) in [6, 6.07) is 3.85. The molecular formula is C24H27ClFN5O3S. The number of rotatable bonds is 5. The van der Waals surface area contributed by atoms with Crippen LogP contribution in [0.2, 0.25) is 5.02 Å². The molecule has 1 saturated heterocycles. The minimum Gasteiger partial charge on any atom is -0.330 e. The number of aromatic nitrogens is 3. The zero-order chi connectivity index (χ0) is 25.1. The molecule has 1 amide bonds. The number of nitrogens with zero attached hydrogens (tertiary/aromatic N) is 4. The summed E-state index contributed by atoms with van der Waals surface area (Å²) < 4.78 is 42.4. The van der Waals surface area contributed by atoms with Crippen molar-refractivity contribution in [2.45, 2.75) is 57.9 Å². The van der Waals surface area contributed by atoms with Crippen LogP contribution in [0.5, 0.6) is 0 Å². The fourth-order valence-corrected chi connectivity index (χ4v) is 5.64. The van der Waals surface area contributed by atoms with Crippen molar-refractivity contribution in [1.82, 2.24) is 19.5 Å². The maximum Gasteiger partial charge on any atom is 0.256 e. The highest BCUT2D eigenvalue weighted by Crippen LogP contribution is 2.41. The van der Waals surface area contributed by atoms with Crippen molar-refractivity contribution in [3.8, 4) is 0 Å². The molecule has 186 valence electrons. The van der Waals surface area contributed by atoms with Crippen LogP contribution >= 0.6 is 11.6 Å². The van der Waals surface area contributed by atoms with Crippen LogP contribution in [0, 0.1) is 19.7 Å². The van der Waals surface area contributed by atoms with Gasteiger partial charge in [0.05, 0.1) is 34.9 Å². The Morgan fingerprint density at radius 3 is 2.60 bits per heavy atom. The van der Waals surface area contributed by atoms with Crippen molar-refractivity contribution in [2.75, 3.05) is 17.5 Å². The second kappa shape index (κ2) is 8.74. The van der Waals surface area contributed by atoms with E-state index in [0.717, 1.165) is 60.6 Å². The molecule has 2 fully saturated rings. The van der Waals surface area contributed by atoms with Gasteiger partial charge in [0, 0.05) is 29.2 Å². The van der Waals surface area contributed by atoms with Crippen molar-refractivity contribution >= 4 is 38.9 Å². The molecule has 3 aromatic rings. The number of sulfonamides is 1. The van der Waals surface area contributed by atoms with Crippen molar-refractivity contribution in [1.29, 1.82) is 0 Å². The number of carbonyl (C=O) groups is 1. The Hall–Kier alpha value is -2.72. The van der Waals surface area contributed by atoms with Crippen LogP contribution in [0.3, 0.4) is 0 Å². The molecule has 1 N–H and O–H groups in total. The van der Waals surface area contributed by atoms with E-state index in [0.29, 0.717) is 24.6 Å². The van der Waals surface area contributed by atoms with Gasteiger partial charge in [-0.2, -0.15) is 5.10 Å². The Balaban J connectivity index is 1.55. The van der Waals surface area contributed by atoms with E-state index in [1.54, 1.807) is 4.90 Å². The highest BCUT2D eigenvalue weighted by Gasteiger charge is 2.34. The molecule has 5 rings (SSSR count). The Labute approximate surface area is 208 Å². The van der Waals surface area contributed by atoms with Crippen LogP contribution in [0.15, 0.2) is 18.2 Å². The van der Waals surface area contributed by atoms with Crippen LogP contribution in [0.4, 0.5) is 10.1 Å². The van der Waals surface area contributed by atoms with Gasteiger partial charge < -0.3 is 4.90 Å². The minimum absolute atomic E-state index is 0.00842. The number of hydrogen-bond donors (Lipinski definition) is 1. The monoisotopic (exact) mass is 519 g/mol. The van der Waals surface area contributed by atoms with Crippen LogP contribution in [-0.2, 0) is 10.0 Å². The van der Waals surface area contributed by atoms with E-state index in [4.69, 9.17) is 21.7 Å². The Morgan fingerprint density at radius 1 is 1.17 bits per heavy atom. The summed E-state index contributed by atoms with van der Waals surface area (Å²) in [5.41, 5.74) is 4.20. The molecule has 1 atom stereocenters. The van der Waals surface area contributed by atoms with Gasteiger partial charge in [-0.25, -0.2) is 22.3 Å². The third-order valence-corrected chi connectivity index (χ3v) is 7.62. The highest BCUT2D eigenvalue weighted by atomic mass is 35.5. The minimum atomic E-state index is -3.83. The second-order valence-corrected chi connectivity index (χ2v) is 11.7. The summed E-state index contributed by atoms with van der Waals surface area (Å²) in [6.45, 7) is 4.52. The number of piperidine rings is 1. The lowest BCUT2D eigenvalue weighted by atomic mass is 9.98. The number of hydrogen-bond acceptors (Lipinski definition) is 5. The first-order valence-electron chi connectivity index (χ1n) is 11.7. The van der Waals surface area contributed by atoms with E-state index in [-0.39, 0.29) is 16.6 Å². The summed E-state index contributed by atoms with van der Waals surface area (Å²) in [6.07, 6.45) is 5.56. The predicted octanol–water partition coefficient (Wildman–Crippen LogP) is 4.75. The maximum atomic E-state index is 14.7. The lowest BCUT2D eigenvalue weighted by molar-refractivity contribution is 0.0606. The SMILES string of the molecule is Cc1c(C2CC2)nc2cc([C@@H]3CCCCN3C(=O)c3cc(Cl)cc(F)c3NS(C)(=O)=O)nn2c1C. The number of likely N-dealkylation sites (tertiary alicyclic amines) is 1. The van der Waals surface area contributed by atoms with Gasteiger partial charge in [0.2, 0.25) is 10.0 Å². The van der Waals surface area contributed by atoms with E-state index in [1.807, 2.05) is 17.5 Å². The number of amides is 1. The smallest absolute Gasteiger partial charge is 0.256 e. The molecule has 0 spiro atoms. The summed E-state index contributed by atoms with van der Waals surface area (Å²) in [5, 5.41) is 4.82. The lowest BCUT2D eigenvalue weighted by Crippen LogP contribution is -2.39. The fraction of sp³-hybridized carbons (Fsp3) is 0.458. The molecule has 2 aromatic heterocycles. The standard InChI is InChI=1S/C24H27ClFN5O3S/c1-13-14(2)31-21(27-22(13)15-7-8-15)12-19(28-31)20-6-4-5-9-30(20)24(32)17-10-16(25)11-18(26)23(17)29-35(3,33)34/h10-12,15,20,29H,4-9H2,1-3H3/t20-/m0/s1. The van der Waals surface area contributed by atoms with Gasteiger partial charge in [0.25, 0.3) is 5.91 Å². The van der Waals surface area contributed by atoms with Gasteiger partial charge in [-0.3, -0.25) is 9.52 Å². The van der Waals surface area contributed by atoms with E-state index in [1.165, 1.54) is 6.07 Å². The molecule has 11 heteroatoms. The quantitative estimate of drug-likeness (QED) is 0.524. The number of carbonyl (C=O) groups excluding carboxylic acids is 1. The highest BCUT2D eigenvalue weighted by molar-refractivity contribution is 7.92. The molecule has 1 saturated carbocycles. The van der Waals surface area contributed by atoms with Crippen molar-refractivity contribution in [2.24, 2.45) is 0 Å². The van der Waals surface area contributed by atoms with E-state index < -0.39 is 27.4 Å². The van der Waals surface area contributed by atoms with Crippen LogP contribution in [0.25, 0.3) is 5.65 Å². The summed E-state index contributed by atoms with van der Waals surface area (Å²) in [7, 11) is -3.83. The molecule has 3 heterocycles. The molecular weight excluding hydrogens is 493 g/mol. The number of anilines is 1. The average molecular weight is 520 g/mol. The van der Waals surface area contributed by atoms with Gasteiger partial charge >= 0.3 is 0 Å². The van der Waals surface area contributed by atoms with Gasteiger partial charge in [-0.05, 0) is 63.6 Å². The molecule has 0 bridgehead atoms. The van der Waals surface area contributed by atoms with E-state index in [2.05, 4.69) is 11.6 Å². The van der Waals surface area contributed by atoms with Crippen molar-refractivity contribution < 1.29 is 17.6 Å². The molecule has 2 aliphatic rings. The van der Waals surface area contributed by atoms with Gasteiger partial charge in [-0.1, -0.05) is 11.6 Å². The number of nitrogens with one attached hydrogen (secondary N) is 1. The van der Waals surface area contributed by atoms with Gasteiger partial charge in [-0.15, -0.1) is 0 Å². The third kappa shape index (κ3) is 4.61. The van der Waals surface area contributed by atoms with Crippen molar-refractivity contribution in [3.63, 3.8) is 0 Å². The zero-order valence-corrected chi connectivity index (χ0v) is 21.4. The zero-order valence-electron chi connectivity index (χ0n) is 19.8. The summed E-state index contributed by atoms with van der Waals surface area (Å²) in [4.78, 5) is 20.2.